The molecule has 0 fully saturated rings. The molecule has 1 N–H and O–H groups in total. The van der Waals surface area contributed by atoms with E-state index in [0.29, 0.717) is 22.8 Å². The lowest BCUT2D eigenvalue weighted by Gasteiger charge is -2.08. The maximum absolute atomic E-state index is 12.0. The number of aryl methyl sites for hydroxylation is 1. The van der Waals surface area contributed by atoms with E-state index in [1.165, 1.54) is 21.9 Å². The van der Waals surface area contributed by atoms with E-state index >= 15 is 0 Å². The molecule has 8 heteroatoms. The predicted octanol–water partition coefficient (Wildman–Crippen LogP) is 3.17. The third-order valence-electron chi connectivity index (χ3n) is 3.68. The van der Waals surface area contributed by atoms with Crippen LogP contribution in [-0.2, 0) is 11.4 Å². The molecule has 0 aliphatic rings. The van der Waals surface area contributed by atoms with Crippen LogP contribution in [0.1, 0.15) is 36.9 Å². The third kappa shape index (κ3) is 4.45. The first-order valence-electron chi connectivity index (χ1n) is 8.44. The number of amides is 1. The van der Waals surface area contributed by atoms with E-state index < -0.39 is 0 Å². The number of nitrogens with one attached hydrogen (secondary N) is 1. The van der Waals surface area contributed by atoms with Gasteiger partial charge >= 0.3 is 0 Å². The SMILES string of the molecule is CCCCC(=O)Nc1ccc(OCc2cc(=O)n3nc(C)sc3n2)cc1. The van der Waals surface area contributed by atoms with Gasteiger partial charge in [-0.05, 0) is 37.6 Å². The summed E-state index contributed by atoms with van der Waals surface area (Å²) < 4.78 is 6.98. The van der Waals surface area contributed by atoms with Crippen molar-refractivity contribution < 1.29 is 9.53 Å². The molecule has 1 amide bonds. The summed E-state index contributed by atoms with van der Waals surface area (Å²) in [6.45, 7) is 4.07. The molecule has 0 spiro atoms. The van der Waals surface area contributed by atoms with Crippen molar-refractivity contribution in [3.05, 3.63) is 51.4 Å². The average molecular weight is 372 g/mol. The van der Waals surface area contributed by atoms with Gasteiger partial charge in [0.1, 0.15) is 17.4 Å². The highest BCUT2D eigenvalue weighted by molar-refractivity contribution is 7.16. The molecule has 0 unspecified atom stereocenters. The summed E-state index contributed by atoms with van der Waals surface area (Å²) in [6, 6.07) is 8.55. The van der Waals surface area contributed by atoms with Crippen molar-refractivity contribution in [1.29, 1.82) is 0 Å². The Kier molecular flexibility index (Phi) is 5.62. The number of hydrogen-bond donors (Lipinski definition) is 1. The van der Waals surface area contributed by atoms with Crippen molar-refractivity contribution >= 4 is 27.9 Å². The van der Waals surface area contributed by atoms with E-state index in [9.17, 15) is 9.59 Å². The monoisotopic (exact) mass is 372 g/mol. The number of carbonyl (C=O) groups excluding carboxylic acids is 1. The van der Waals surface area contributed by atoms with E-state index in [-0.39, 0.29) is 18.1 Å². The summed E-state index contributed by atoms with van der Waals surface area (Å²) in [5, 5.41) is 7.74. The number of rotatable bonds is 7. The van der Waals surface area contributed by atoms with Crippen molar-refractivity contribution in [1.82, 2.24) is 14.6 Å². The molecular formula is C18H20N4O3S. The molecule has 2 heterocycles. The van der Waals surface area contributed by atoms with Crippen molar-refractivity contribution in [2.75, 3.05) is 5.32 Å². The third-order valence-corrected chi connectivity index (χ3v) is 4.51. The molecule has 0 saturated carbocycles. The Bertz CT molecular complexity index is 963. The maximum Gasteiger partial charge on any atom is 0.275 e. The van der Waals surface area contributed by atoms with Gasteiger partial charge in [-0.25, -0.2) is 4.98 Å². The molecule has 0 saturated heterocycles. The first-order valence-corrected chi connectivity index (χ1v) is 9.26. The van der Waals surface area contributed by atoms with Crippen LogP contribution in [0.5, 0.6) is 5.75 Å². The van der Waals surface area contributed by atoms with E-state index in [0.717, 1.165) is 23.5 Å². The second-order valence-corrected chi connectivity index (χ2v) is 7.03. The number of ether oxygens (including phenoxy) is 1. The minimum atomic E-state index is -0.219. The van der Waals surface area contributed by atoms with Gasteiger partial charge in [-0.15, -0.1) is 0 Å². The molecule has 136 valence electrons. The highest BCUT2D eigenvalue weighted by Gasteiger charge is 2.08. The lowest BCUT2D eigenvalue weighted by Crippen LogP contribution is -2.16. The van der Waals surface area contributed by atoms with Gasteiger partial charge in [0, 0.05) is 18.2 Å². The van der Waals surface area contributed by atoms with Crippen molar-refractivity contribution in [2.24, 2.45) is 0 Å². The summed E-state index contributed by atoms with van der Waals surface area (Å²) in [6.07, 6.45) is 2.39. The Hall–Kier alpha value is -2.74. The van der Waals surface area contributed by atoms with Gasteiger partial charge in [0.2, 0.25) is 10.9 Å². The zero-order valence-corrected chi connectivity index (χ0v) is 15.5. The minimum Gasteiger partial charge on any atom is -0.487 e. The zero-order chi connectivity index (χ0) is 18.5. The standard InChI is InChI=1S/C18H20N4O3S/c1-3-4-5-16(23)19-13-6-8-15(9-7-13)25-11-14-10-17(24)22-18(20-14)26-12(2)21-22/h6-10H,3-5,11H2,1-2H3,(H,19,23). The lowest BCUT2D eigenvalue weighted by atomic mass is 10.2. The van der Waals surface area contributed by atoms with Crippen LogP contribution < -0.4 is 15.6 Å². The highest BCUT2D eigenvalue weighted by atomic mass is 32.1. The quantitative estimate of drug-likeness (QED) is 0.688. The Morgan fingerprint density at radius 3 is 2.81 bits per heavy atom. The molecule has 1 aromatic carbocycles. The fourth-order valence-electron chi connectivity index (χ4n) is 2.38. The molecule has 0 bridgehead atoms. The first-order chi connectivity index (χ1) is 12.5. The highest BCUT2D eigenvalue weighted by Crippen LogP contribution is 2.17. The number of anilines is 1. The summed E-state index contributed by atoms with van der Waals surface area (Å²) in [5.41, 5.74) is 1.06. The van der Waals surface area contributed by atoms with Crippen molar-refractivity contribution in [3.63, 3.8) is 0 Å². The number of nitrogens with zero attached hydrogens (tertiary/aromatic N) is 3. The second kappa shape index (κ2) is 8.09. The average Bonchev–Trinajstić information content (AvgIpc) is 3.00. The van der Waals surface area contributed by atoms with Crippen LogP contribution in [0.2, 0.25) is 0 Å². The van der Waals surface area contributed by atoms with Crippen LogP contribution in [0.4, 0.5) is 5.69 Å². The molecule has 3 rings (SSSR count). The Balaban J connectivity index is 1.61. The molecule has 0 radical (unpaired) electrons. The van der Waals surface area contributed by atoms with Crippen LogP contribution >= 0.6 is 11.3 Å². The lowest BCUT2D eigenvalue weighted by molar-refractivity contribution is -0.116. The minimum absolute atomic E-state index is 0.0124. The smallest absolute Gasteiger partial charge is 0.275 e. The Morgan fingerprint density at radius 1 is 1.31 bits per heavy atom. The van der Waals surface area contributed by atoms with Gasteiger partial charge in [0.15, 0.2) is 0 Å². The second-order valence-electron chi connectivity index (χ2n) is 5.87. The number of aromatic nitrogens is 3. The summed E-state index contributed by atoms with van der Waals surface area (Å²) in [4.78, 5) is 28.7. The Morgan fingerprint density at radius 2 is 2.08 bits per heavy atom. The fraction of sp³-hybridized carbons (Fsp3) is 0.333. The Labute approximate surface area is 154 Å². The van der Waals surface area contributed by atoms with Gasteiger partial charge in [-0.1, -0.05) is 24.7 Å². The van der Waals surface area contributed by atoms with Crippen LogP contribution in [0.15, 0.2) is 35.1 Å². The number of unbranched alkanes of at least 4 members (excludes halogenated alkanes) is 1. The topological polar surface area (TPSA) is 85.6 Å². The van der Waals surface area contributed by atoms with Crippen molar-refractivity contribution in [3.8, 4) is 5.75 Å². The molecule has 0 aliphatic heterocycles. The van der Waals surface area contributed by atoms with Gasteiger partial charge in [-0.3, -0.25) is 9.59 Å². The van der Waals surface area contributed by atoms with Gasteiger partial charge in [0.05, 0.1) is 5.69 Å². The summed E-state index contributed by atoms with van der Waals surface area (Å²) in [5.74, 6) is 0.650. The fourth-order valence-corrected chi connectivity index (χ4v) is 3.15. The molecule has 0 aliphatic carbocycles. The normalized spacial score (nSPS) is 10.8. The van der Waals surface area contributed by atoms with Crippen LogP contribution in [0, 0.1) is 6.92 Å². The van der Waals surface area contributed by atoms with Crippen molar-refractivity contribution in [2.45, 2.75) is 39.7 Å². The van der Waals surface area contributed by atoms with E-state index in [1.807, 2.05) is 6.92 Å². The molecule has 0 atom stereocenters. The number of carbonyl (C=O) groups is 1. The van der Waals surface area contributed by atoms with Crippen LogP contribution in [0.25, 0.3) is 4.96 Å². The number of benzene rings is 1. The molecule has 2 aromatic heterocycles. The number of fused-ring (bicyclic) bond motifs is 1. The number of hydrogen-bond acceptors (Lipinski definition) is 6. The van der Waals surface area contributed by atoms with E-state index in [2.05, 4.69) is 22.3 Å². The van der Waals surface area contributed by atoms with Gasteiger partial charge < -0.3 is 10.1 Å². The molecule has 26 heavy (non-hydrogen) atoms. The van der Waals surface area contributed by atoms with Crippen LogP contribution in [-0.4, -0.2) is 20.5 Å². The maximum atomic E-state index is 12.0. The van der Waals surface area contributed by atoms with E-state index in [4.69, 9.17) is 4.74 Å². The van der Waals surface area contributed by atoms with Gasteiger partial charge in [-0.2, -0.15) is 9.61 Å². The first kappa shape index (κ1) is 18.1. The molecule has 3 aromatic rings. The summed E-state index contributed by atoms with van der Waals surface area (Å²) in [7, 11) is 0. The largest absolute Gasteiger partial charge is 0.487 e. The predicted molar refractivity (Wildman–Crippen MR) is 101 cm³/mol. The molecular weight excluding hydrogens is 352 g/mol. The molecule has 7 nitrogen and oxygen atoms in total. The summed E-state index contributed by atoms with van der Waals surface area (Å²) >= 11 is 1.36. The van der Waals surface area contributed by atoms with E-state index in [1.54, 1.807) is 24.3 Å². The van der Waals surface area contributed by atoms with Gasteiger partial charge in [0.25, 0.3) is 5.56 Å². The zero-order valence-electron chi connectivity index (χ0n) is 14.7. The van der Waals surface area contributed by atoms with Crippen LogP contribution in [0.3, 0.4) is 0 Å².